The highest BCUT2D eigenvalue weighted by molar-refractivity contribution is 6.10. The lowest BCUT2D eigenvalue weighted by Gasteiger charge is -2.09. The summed E-state index contributed by atoms with van der Waals surface area (Å²) in [5.74, 6) is 0.512. The number of carbonyl (C=O) groups is 1. The van der Waals surface area contributed by atoms with Gasteiger partial charge in [0.2, 0.25) is 0 Å². The monoisotopic (exact) mass is 242 g/mol. The van der Waals surface area contributed by atoms with Gasteiger partial charge < -0.3 is 4.74 Å². The van der Waals surface area contributed by atoms with Gasteiger partial charge in [-0.1, -0.05) is 19.1 Å². The van der Waals surface area contributed by atoms with Crippen molar-refractivity contribution in [3.63, 3.8) is 0 Å². The molecular formula is C14H14N2O2. The predicted molar refractivity (Wildman–Crippen MR) is 67.7 cm³/mol. The predicted octanol–water partition coefficient (Wildman–Crippen LogP) is 2.50. The number of ether oxygens (including phenoxy) is 1. The summed E-state index contributed by atoms with van der Waals surface area (Å²) in [6.45, 7) is 2.62. The molecule has 0 saturated carbocycles. The van der Waals surface area contributed by atoms with Crippen molar-refractivity contribution in [2.24, 2.45) is 0 Å². The molecule has 18 heavy (non-hydrogen) atoms. The molecule has 0 atom stereocenters. The van der Waals surface area contributed by atoms with E-state index in [0.717, 1.165) is 6.42 Å². The molecule has 1 aromatic carbocycles. The van der Waals surface area contributed by atoms with Crippen molar-refractivity contribution in [2.45, 2.75) is 13.3 Å². The van der Waals surface area contributed by atoms with E-state index in [2.05, 4.69) is 10.2 Å². The second-order valence-electron chi connectivity index (χ2n) is 3.80. The van der Waals surface area contributed by atoms with Crippen LogP contribution in [0.25, 0.3) is 0 Å². The fraction of sp³-hybridized carbons (Fsp3) is 0.214. The van der Waals surface area contributed by atoms with Crippen LogP contribution in [0.1, 0.15) is 29.3 Å². The van der Waals surface area contributed by atoms with Gasteiger partial charge in [0.15, 0.2) is 5.78 Å². The third kappa shape index (κ3) is 2.71. The number of ketones is 1. The van der Waals surface area contributed by atoms with Crippen molar-refractivity contribution in [1.29, 1.82) is 0 Å². The normalized spacial score (nSPS) is 10.1. The molecule has 0 bridgehead atoms. The Kier molecular flexibility index (Phi) is 4.02. The summed E-state index contributed by atoms with van der Waals surface area (Å²) in [6, 6.07) is 8.88. The van der Waals surface area contributed by atoms with Gasteiger partial charge in [0.1, 0.15) is 5.75 Å². The van der Waals surface area contributed by atoms with Crippen molar-refractivity contribution < 1.29 is 9.53 Å². The molecule has 0 aliphatic carbocycles. The molecule has 0 amide bonds. The summed E-state index contributed by atoms with van der Waals surface area (Å²) in [6.07, 6.45) is 3.86. The highest BCUT2D eigenvalue weighted by atomic mass is 16.5. The molecule has 4 heteroatoms. The van der Waals surface area contributed by atoms with Crippen LogP contribution in [0.5, 0.6) is 5.75 Å². The van der Waals surface area contributed by atoms with Crippen molar-refractivity contribution >= 4 is 5.78 Å². The molecule has 0 aliphatic rings. The van der Waals surface area contributed by atoms with E-state index in [1.165, 1.54) is 12.4 Å². The Morgan fingerprint density at radius 1 is 1.22 bits per heavy atom. The molecular weight excluding hydrogens is 228 g/mol. The molecule has 0 N–H and O–H groups in total. The van der Waals surface area contributed by atoms with Gasteiger partial charge >= 0.3 is 0 Å². The second-order valence-corrected chi connectivity index (χ2v) is 3.80. The first-order valence-corrected chi connectivity index (χ1v) is 5.86. The fourth-order valence-electron chi connectivity index (χ4n) is 1.57. The van der Waals surface area contributed by atoms with Crippen molar-refractivity contribution in [3.8, 4) is 5.75 Å². The van der Waals surface area contributed by atoms with Crippen LogP contribution in [-0.4, -0.2) is 22.6 Å². The Morgan fingerprint density at radius 3 is 2.78 bits per heavy atom. The summed E-state index contributed by atoms with van der Waals surface area (Å²) in [5, 5.41) is 7.37. The topological polar surface area (TPSA) is 52.1 Å². The lowest BCUT2D eigenvalue weighted by Crippen LogP contribution is -2.06. The summed E-state index contributed by atoms with van der Waals surface area (Å²) >= 11 is 0. The van der Waals surface area contributed by atoms with E-state index >= 15 is 0 Å². The lowest BCUT2D eigenvalue weighted by molar-refractivity contribution is 0.103. The van der Waals surface area contributed by atoms with Gasteiger partial charge in [0.05, 0.1) is 24.6 Å². The molecule has 0 radical (unpaired) electrons. The zero-order chi connectivity index (χ0) is 12.8. The van der Waals surface area contributed by atoms with Crippen LogP contribution in [0, 0.1) is 0 Å². The Morgan fingerprint density at radius 2 is 2.06 bits per heavy atom. The van der Waals surface area contributed by atoms with Gasteiger partial charge in [-0.3, -0.25) is 4.79 Å². The summed E-state index contributed by atoms with van der Waals surface area (Å²) < 4.78 is 5.57. The van der Waals surface area contributed by atoms with E-state index in [-0.39, 0.29) is 5.78 Å². The third-order valence-corrected chi connectivity index (χ3v) is 2.44. The van der Waals surface area contributed by atoms with Crippen LogP contribution >= 0.6 is 0 Å². The molecule has 92 valence electrons. The smallest absolute Gasteiger partial charge is 0.198 e. The summed E-state index contributed by atoms with van der Waals surface area (Å²) in [7, 11) is 0. The number of carbonyl (C=O) groups excluding carboxylic acids is 1. The van der Waals surface area contributed by atoms with E-state index in [1.54, 1.807) is 18.2 Å². The van der Waals surface area contributed by atoms with Gasteiger partial charge in [-0.25, -0.2) is 0 Å². The highest BCUT2D eigenvalue weighted by Gasteiger charge is 2.14. The Balaban J connectivity index is 2.30. The molecule has 2 rings (SSSR count). The Labute approximate surface area is 106 Å². The molecule has 0 spiro atoms. The van der Waals surface area contributed by atoms with E-state index in [0.29, 0.717) is 23.5 Å². The van der Waals surface area contributed by atoms with Crippen LogP contribution in [0.3, 0.4) is 0 Å². The van der Waals surface area contributed by atoms with Gasteiger partial charge in [0, 0.05) is 5.56 Å². The van der Waals surface area contributed by atoms with Gasteiger partial charge in [-0.05, 0) is 24.6 Å². The van der Waals surface area contributed by atoms with Crippen molar-refractivity contribution in [3.05, 3.63) is 53.9 Å². The van der Waals surface area contributed by atoms with Crippen LogP contribution in [-0.2, 0) is 0 Å². The zero-order valence-corrected chi connectivity index (χ0v) is 10.2. The minimum atomic E-state index is -0.100. The Hall–Kier alpha value is -2.23. The van der Waals surface area contributed by atoms with E-state index in [1.807, 2.05) is 19.1 Å². The highest BCUT2D eigenvalue weighted by Crippen LogP contribution is 2.21. The number of hydrogen-bond acceptors (Lipinski definition) is 4. The largest absolute Gasteiger partial charge is 0.493 e. The number of rotatable bonds is 5. The standard InChI is InChI=1S/C14H14N2O2/c1-2-9-18-13-6-4-3-5-12(13)14(17)11-7-8-15-16-10-11/h3-8,10H,2,9H2,1H3. The molecule has 1 aromatic heterocycles. The first-order valence-electron chi connectivity index (χ1n) is 5.86. The van der Waals surface area contributed by atoms with Crippen molar-refractivity contribution in [2.75, 3.05) is 6.61 Å². The number of nitrogens with zero attached hydrogens (tertiary/aromatic N) is 2. The lowest BCUT2D eigenvalue weighted by atomic mass is 10.0. The zero-order valence-electron chi connectivity index (χ0n) is 10.2. The second kappa shape index (κ2) is 5.91. The SMILES string of the molecule is CCCOc1ccccc1C(=O)c1ccnnc1. The maximum Gasteiger partial charge on any atom is 0.198 e. The minimum Gasteiger partial charge on any atom is -0.493 e. The summed E-state index contributed by atoms with van der Waals surface area (Å²) in [4.78, 5) is 12.3. The number of hydrogen-bond donors (Lipinski definition) is 0. The number of aromatic nitrogens is 2. The van der Waals surface area contributed by atoms with Gasteiger partial charge in [0.25, 0.3) is 0 Å². The number of benzene rings is 1. The average Bonchev–Trinajstić information content (AvgIpc) is 2.45. The Bertz CT molecular complexity index is 526. The molecule has 1 heterocycles. The van der Waals surface area contributed by atoms with E-state index in [4.69, 9.17) is 4.74 Å². The first-order chi connectivity index (χ1) is 8.83. The molecule has 0 fully saturated rings. The fourth-order valence-corrected chi connectivity index (χ4v) is 1.57. The van der Waals surface area contributed by atoms with Crippen molar-refractivity contribution in [1.82, 2.24) is 10.2 Å². The molecule has 0 unspecified atom stereocenters. The maximum atomic E-state index is 12.3. The van der Waals surface area contributed by atoms with Crippen LogP contribution in [0.4, 0.5) is 0 Å². The van der Waals surface area contributed by atoms with Gasteiger partial charge in [-0.2, -0.15) is 10.2 Å². The van der Waals surface area contributed by atoms with E-state index in [9.17, 15) is 4.79 Å². The number of para-hydroxylation sites is 1. The molecule has 2 aromatic rings. The molecule has 4 nitrogen and oxygen atoms in total. The van der Waals surface area contributed by atoms with E-state index < -0.39 is 0 Å². The maximum absolute atomic E-state index is 12.3. The van der Waals surface area contributed by atoms with Crippen LogP contribution < -0.4 is 4.74 Å². The molecule has 0 aliphatic heterocycles. The van der Waals surface area contributed by atoms with Crippen LogP contribution in [0.15, 0.2) is 42.7 Å². The first kappa shape index (κ1) is 12.2. The van der Waals surface area contributed by atoms with Crippen LogP contribution in [0.2, 0.25) is 0 Å². The quantitative estimate of drug-likeness (QED) is 0.756. The van der Waals surface area contributed by atoms with Gasteiger partial charge in [-0.15, -0.1) is 0 Å². The minimum absolute atomic E-state index is 0.100. The average molecular weight is 242 g/mol. The molecule has 0 saturated heterocycles. The third-order valence-electron chi connectivity index (χ3n) is 2.44. The summed E-state index contributed by atoms with van der Waals surface area (Å²) in [5.41, 5.74) is 1.07.